The Morgan fingerprint density at radius 1 is 0.300 bits per heavy atom. The summed E-state index contributed by atoms with van der Waals surface area (Å²) in [7, 11) is 0. The average Bonchev–Trinajstić information content (AvgIpc) is 3.28. The smallest absolute Gasteiger partial charge is 0.0622 e. The molecule has 0 aliphatic rings. The molecule has 0 atom stereocenters. The molecule has 0 nitrogen and oxygen atoms in total. The molecule has 8 aromatic carbocycles. The van der Waals surface area contributed by atoms with Gasteiger partial charge in [-0.25, -0.2) is 0 Å². The van der Waals surface area contributed by atoms with E-state index in [1.54, 1.807) is 0 Å². The molecule has 8 aromatic rings. The van der Waals surface area contributed by atoms with E-state index in [0.717, 1.165) is 0 Å². The molecule has 0 saturated heterocycles. The molecule has 0 bridgehead atoms. The molecule has 0 spiro atoms. The standard InChI is InChI=1S/C40H26/c1-2-14-29(15-3-1)39-35-20-8-9-21-36(35)40(34-23-11-17-28-13-5-7-19-32(28)34)37-25-24-30(26-38(37)39)33-22-10-16-27-12-4-6-18-31(27)33/h1-26H/i1D,2D,3D,4D,5D,6D,7D,8D,9D,10D,11D,12D,13D,14D,15D,16D,17D,18D,19D,20D,21D,22D,23D,24D,25D,26D. The highest BCUT2D eigenvalue weighted by atomic mass is 14.2. The predicted octanol–water partition coefficient (Wildman–Crippen LogP) is 11.3. The largest absolute Gasteiger partial charge is 0.0636 e. The highest BCUT2D eigenvalue weighted by molar-refractivity contribution is 6.24. The van der Waals surface area contributed by atoms with Crippen molar-refractivity contribution in [2.75, 3.05) is 0 Å². The quantitative estimate of drug-likeness (QED) is 0.198. The van der Waals surface area contributed by atoms with Crippen LogP contribution in [0.4, 0.5) is 0 Å². The Morgan fingerprint density at radius 3 is 1.50 bits per heavy atom. The third-order valence-electron chi connectivity index (χ3n) is 6.38. The third-order valence-corrected chi connectivity index (χ3v) is 6.38. The summed E-state index contributed by atoms with van der Waals surface area (Å²) in [5.74, 6) is 0. The zero-order valence-electron chi connectivity index (χ0n) is 46.0. The zero-order valence-corrected chi connectivity index (χ0v) is 20.0. The van der Waals surface area contributed by atoms with Crippen LogP contribution in [0.1, 0.15) is 35.6 Å². The first kappa shape index (κ1) is 8.65. The molecule has 0 aliphatic heterocycles. The van der Waals surface area contributed by atoms with Gasteiger partial charge >= 0.3 is 0 Å². The van der Waals surface area contributed by atoms with Crippen molar-refractivity contribution >= 4 is 43.1 Å². The predicted molar refractivity (Wildman–Crippen MR) is 173 cm³/mol. The Bertz CT molecular complexity index is 3610. The summed E-state index contributed by atoms with van der Waals surface area (Å²) in [5.41, 5.74) is -4.71. The number of hydrogen-bond donors (Lipinski definition) is 0. The van der Waals surface area contributed by atoms with Crippen LogP contribution in [0.15, 0.2) is 157 Å². The van der Waals surface area contributed by atoms with E-state index in [-0.39, 0.29) is 0 Å². The van der Waals surface area contributed by atoms with Gasteiger partial charge in [0.1, 0.15) is 0 Å². The first-order valence-corrected chi connectivity index (χ1v) is 11.8. The molecule has 0 saturated carbocycles. The van der Waals surface area contributed by atoms with Gasteiger partial charge in [-0.15, -0.1) is 0 Å². The van der Waals surface area contributed by atoms with Crippen molar-refractivity contribution in [3.63, 3.8) is 0 Å². The van der Waals surface area contributed by atoms with Gasteiger partial charge in [-0.1, -0.05) is 151 Å². The van der Waals surface area contributed by atoms with Crippen molar-refractivity contribution in [2.45, 2.75) is 0 Å². The molecule has 186 valence electrons. The SMILES string of the molecule is [2H]c1c([2H])c([2H])c(-c2c3c([2H])c([2H])c([2H])c([2H])c3c(-c3c([2H])c([2H])c([2H])c4c([2H])c([2H])c([2H])c([2H])c34)c3c([2H])c([2H])c(-c4c([2H])c([2H])c([2H])c5c([2H])c([2H])c([2H])c([2H])c45)c([2H])c23)c([2H])c1[2H]. The van der Waals surface area contributed by atoms with Crippen molar-refractivity contribution in [1.82, 2.24) is 0 Å². The van der Waals surface area contributed by atoms with Gasteiger partial charge in [0.25, 0.3) is 0 Å². The van der Waals surface area contributed by atoms with E-state index < -0.39 is 234 Å². The van der Waals surface area contributed by atoms with Gasteiger partial charge in [0.05, 0.1) is 35.6 Å². The molecule has 0 heteroatoms. The van der Waals surface area contributed by atoms with Gasteiger partial charge in [0, 0.05) is 0 Å². The highest BCUT2D eigenvalue weighted by Gasteiger charge is 2.18. The van der Waals surface area contributed by atoms with Gasteiger partial charge in [-0.2, -0.15) is 0 Å². The Hall–Kier alpha value is -5.20. The summed E-state index contributed by atoms with van der Waals surface area (Å²) in [4.78, 5) is 0. The fourth-order valence-electron chi connectivity index (χ4n) is 4.72. The second-order valence-corrected chi connectivity index (χ2v) is 8.50. The summed E-state index contributed by atoms with van der Waals surface area (Å²) in [6.45, 7) is 0. The Balaban J connectivity index is 1.86. The molecular formula is C40H26. The van der Waals surface area contributed by atoms with E-state index >= 15 is 0 Å². The van der Waals surface area contributed by atoms with E-state index in [1.807, 2.05) is 0 Å². The maximum Gasteiger partial charge on any atom is 0.0636 e. The van der Waals surface area contributed by atoms with Crippen LogP contribution in [0.25, 0.3) is 76.5 Å². The topological polar surface area (TPSA) is 0 Å². The Kier molecular flexibility index (Phi) is 1.99. The number of benzene rings is 8. The molecule has 40 heavy (non-hydrogen) atoms. The summed E-state index contributed by atoms with van der Waals surface area (Å²) < 4.78 is 232. The monoisotopic (exact) mass is 532 g/mol. The highest BCUT2D eigenvalue weighted by Crippen LogP contribution is 2.46. The van der Waals surface area contributed by atoms with Crippen LogP contribution < -0.4 is 0 Å². The van der Waals surface area contributed by atoms with Crippen LogP contribution >= 0.6 is 0 Å². The zero-order chi connectivity index (χ0) is 49.1. The number of hydrogen-bond acceptors (Lipinski definition) is 0. The lowest BCUT2D eigenvalue weighted by atomic mass is 9.83. The van der Waals surface area contributed by atoms with Crippen molar-refractivity contribution in [3.8, 4) is 33.4 Å². The first-order valence-electron chi connectivity index (χ1n) is 24.8. The normalized spacial score (nSPS) is 20.6. The molecule has 0 heterocycles. The molecule has 0 fully saturated rings. The Labute approximate surface area is 270 Å². The van der Waals surface area contributed by atoms with Crippen LogP contribution in [0.2, 0.25) is 0 Å². The molecule has 0 radical (unpaired) electrons. The van der Waals surface area contributed by atoms with Crippen LogP contribution in [0.5, 0.6) is 0 Å². The van der Waals surface area contributed by atoms with Crippen molar-refractivity contribution in [2.24, 2.45) is 0 Å². The minimum Gasteiger partial charge on any atom is -0.0622 e. The van der Waals surface area contributed by atoms with Crippen LogP contribution in [0, 0.1) is 0 Å². The van der Waals surface area contributed by atoms with Crippen molar-refractivity contribution < 1.29 is 35.6 Å². The lowest BCUT2D eigenvalue weighted by Gasteiger charge is -2.20. The maximum atomic E-state index is 10.0. The van der Waals surface area contributed by atoms with Gasteiger partial charge < -0.3 is 0 Å². The van der Waals surface area contributed by atoms with Crippen LogP contribution in [0.3, 0.4) is 0 Å². The second kappa shape index (κ2) is 9.22. The fourth-order valence-corrected chi connectivity index (χ4v) is 4.72. The van der Waals surface area contributed by atoms with E-state index in [0.29, 0.717) is 0 Å². The average molecular weight is 533 g/mol. The summed E-state index contributed by atoms with van der Waals surface area (Å²) >= 11 is 0. The molecule has 0 aromatic heterocycles. The molecular weight excluding hydrogens is 480 g/mol. The van der Waals surface area contributed by atoms with E-state index in [4.69, 9.17) is 27.4 Å². The minimum atomic E-state index is -1.08. The van der Waals surface area contributed by atoms with Crippen LogP contribution in [-0.2, 0) is 0 Å². The van der Waals surface area contributed by atoms with E-state index in [9.17, 15) is 8.22 Å². The fraction of sp³-hybridized carbons (Fsp3) is 0. The third kappa shape index (κ3) is 3.54. The van der Waals surface area contributed by atoms with Gasteiger partial charge in [-0.05, 0) is 82.5 Å². The van der Waals surface area contributed by atoms with Gasteiger partial charge in [-0.3, -0.25) is 0 Å². The number of fused-ring (bicyclic) bond motifs is 4. The van der Waals surface area contributed by atoms with Gasteiger partial charge in [0.15, 0.2) is 0 Å². The summed E-state index contributed by atoms with van der Waals surface area (Å²) in [6.07, 6.45) is 0. The second-order valence-electron chi connectivity index (χ2n) is 8.50. The Morgan fingerprint density at radius 2 is 0.800 bits per heavy atom. The first-order chi connectivity index (χ1) is 30.7. The van der Waals surface area contributed by atoms with Gasteiger partial charge in [0.2, 0.25) is 0 Å². The minimum absolute atomic E-state index is 0.625. The van der Waals surface area contributed by atoms with Crippen molar-refractivity contribution in [3.05, 3.63) is 157 Å². The molecule has 0 unspecified atom stereocenters. The van der Waals surface area contributed by atoms with Crippen molar-refractivity contribution in [1.29, 1.82) is 0 Å². The lowest BCUT2D eigenvalue weighted by molar-refractivity contribution is 1.65. The molecule has 0 N–H and O–H groups in total. The van der Waals surface area contributed by atoms with E-state index in [2.05, 4.69) is 0 Å². The number of rotatable bonds is 3. The lowest BCUT2D eigenvalue weighted by Crippen LogP contribution is -1.92. The molecule has 8 rings (SSSR count). The van der Waals surface area contributed by atoms with E-state index in [1.165, 1.54) is 0 Å². The maximum absolute atomic E-state index is 10.0. The summed E-state index contributed by atoms with van der Waals surface area (Å²) in [6, 6.07) is -24.8. The molecule has 0 amide bonds. The molecule has 0 aliphatic carbocycles. The van der Waals surface area contributed by atoms with Crippen LogP contribution in [-0.4, -0.2) is 0 Å². The summed E-state index contributed by atoms with van der Waals surface area (Å²) in [5, 5.41) is -5.67.